The lowest BCUT2D eigenvalue weighted by atomic mass is 9.86. The Balaban J connectivity index is 2.13. The van der Waals surface area contributed by atoms with Gasteiger partial charge in [0.2, 0.25) is 5.88 Å². The molecule has 3 nitrogen and oxygen atoms in total. The minimum absolute atomic E-state index is 0.0422. The highest BCUT2D eigenvalue weighted by Crippen LogP contribution is 2.33. The minimum atomic E-state index is -4.54. The van der Waals surface area contributed by atoms with Gasteiger partial charge >= 0.3 is 6.18 Å². The maximum absolute atomic E-state index is 12.7. The molecule has 21 heavy (non-hydrogen) atoms. The topological polar surface area (TPSA) is 45.9 Å². The molecular formula is C15H17F3N2O. The van der Waals surface area contributed by atoms with E-state index >= 15 is 0 Å². The Bertz CT molecular complexity index is 529. The van der Waals surface area contributed by atoms with Crippen LogP contribution in [0.1, 0.15) is 50.3 Å². The molecule has 0 N–H and O–H groups in total. The third-order valence-electron chi connectivity index (χ3n) is 3.92. The van der Waals surface area contributed by atoms with Crippen LogP contribution >= 0.6 is 0 Å². The third-order valence-corrected chi connectivity index (χ3v) is 3.92. The maximum Gasteiger partial charge on any atom is 0.433 e. The van der Waals surface area contributed by atoms with Crippen molar-refractivity contribution >= 4 is 0 Å². The molecule has 0 aromatic carbocycles. The van der Waals surface area contributed by atoms with Crippen LogP contribution in [-0.2, 0) is 6.18 Å². The molecule has 0 unspecified atom stereocenters. The van der Waals surface area contributed by atoms with Gasteiger partial charge in [-0.05, 0) is 43.7 Å². The van der Waals surface area contributed by atoms with Crippen molar-refractivity contribution in [2.24, 2.45) is 5.92 Å². The molecule has 1 aliphatic carbocycles. The van der Waals surface area contributed by atoms with Crippen molar-refractivity contribution in [2.75, 3.05) is 0 Å². The fraction of sp³-hybridized carbons (Fsp3) is 0.600. The predicted octanol–water partition coefficient (Wildman–Crippen LogP) is 4.32. The smallest absolute Gasteiger partial charge is 0.433 e. The van der Waals surface area contributed by atoms with E-state index in [1.165, 1.54) is 0 Å². The number of ether oxygens (including phenoxy) is 1. The van der Waals surface area contributed by atoms with Crippen molar-refractivity contribution in [3.63, 3.8) is 0 Å². The summed E-state index contributed by atoms with van der Waals surface area (Å²) in [5.74, 6) is 0.460. The third kappa shape index (κ3) is 3.87. The van der Waals surface area contributed by atoms with E-state index in [4.69, 9.17) is 10.00 Å². The van der Waals surface area contributed by atoms with Crippen LogP contribution in [0, 0.1) is 17.2 Å². The van der Waals surface area contributed by atoms with E-state index in [1.807, 2.05) is 6.07 Å². The highest BCUT2D eigenvalue weighted by Gasteiger charge is 2.34. The molecule has 0 radical (unpaired) electrons. The first kappa shape index (κ1) is 15.6. The number of hydrogen-bond acceptors (Lipinski definition) is 3. The molecule has 0 atom stereocenters. The summed E-state index contributed by atoms with van der Waals surface area (Å²) >= 11 is 0. The number of hydrogen-bond donors (Lipinski definition) is 0. The average molecular weight is 298 g/mol. The van der Waals surface area contributed by atoms with Crippen LogP contribution in [0.2, 0.25) is 0 Å². The van der Waals surface area contributed by atoms with Crippen molar-refractivity contribution in [3.8, 4) is 11.9 Å². The summed E-state index contributed by atoms with van der Waals surface area (Å²) in [6.45, 7) is 2.13. The van der Waals surface area contributed by atoms with Gasteiger partial charge in [-0.15, -0.1) is 0 Å². The van der Waals surface area contributed by atoms with E-state index in [0.717, 1.165) is 44.2 Å². The van der Waals surface area contributed by atoms with Crippen molar-refractivity contribution in [1.29, 1.82) is 5.26 Å². The Morgan fingerprint density at radius 2 is 1.95 bits per heavy atom. The summed E-state index contributed by atoms with van der Waals surface area (Å²) in [6, 6.07) is 3.75. The summed E-state index contributed by atoms with van der Waals surface area (Å²) in [4.78, 5) is 3.48. The number of halogens is 3. The quantitative estimate of drug-likeness (QED) is 0.835. The van der Waals surface area contributed by atoms with Crippen molar-refractivity contribution in [1.82, 2.24) is 4.98 Å². The molecule has 0 bridgehead atoms. The van der Waals surface area contributed by atoms with E-state index in [1.54, 1.807) is 0 Å². The van der Waals surface area contributed by atoms with Crippen LogP contribution in [0.15, 0.2) is 12.1 Å². The summed E-state index contributed by atoms with van der Waals surface area (Å²) in [5, 5.41) is 8.97. The zero-order valence-electron chi connectivity index (χ0n) is 11.8. The molecular weight excluding hydrogens is 281 g/mol. The van der Waals surface area contributed by atoms with Gasteiger partial charge in [-0.2, -0.15) is 18.4 Å². The lowest BCUT2D eigenvalue weighted by molar-refractivity contribution is -0.141. The summed E-state index contributed by atoms with van der Waals surface area (Å²) < 4.78 is 43.6. The fourth-order valence-electron chi connectivity index (χ4n) is 2.59. The van der Waals surface area contributed by atoms with Crippen molar-refractivity contribution in [2.45, 2.75) is 51.3 Å². The first-order valence-electron chi connectivity index (χ1n) is 7.09. The van der Waals surface area contributed by atoms with Crippen LogP contribution in [0.25, 0.3) is 0 Å². The zero-order chi connectivity index (χ0) is 15.5. The Morgan fingerprint density at radius 3 is 2.48 bits per heavy atom. The van der Waals surface area contributed by atoms with Gasteiger partial charge in [-0.3, -0.25) is 0 Å². The molecule has 1 aliphatic rings. The number of nitrogens with zero attached hydrogens (tertiary/aromatic N) is 2. The fourth-order valence-corrected chi connectivity index (χ4v) is 2.59. The summed E-state index contributed by atoms with van der Waals surface area (Å²) in [5.41, 5.74) is -0.987. The highest BCUT2D eigenvalue weighted by atomic mass is 19.4. The molecule has 0 amide bonds. The normalized spacial score (nSPS) is 22.6. The molecule has 1 aromatic rings. The Morgan fingerprint density at radius 1 is 1.29 bits per heavy atom. The SMILES string of the molecule is CCC1CCC(Oc2nc(C(F)(F)F)ccc2C#N)CC1. The van der Waals surface area contributed by atoms with E-state index in [0.29, 0.717) is 5.92 Å². The van der Waals surface area contributed by atoms with Crippen LogP contribution in [0.3, 0.4) is 0 Å². The standard InChI is InChI=1S/C15H17F3N2O/c1-2-10-3-6-12(7-4-10)21-14-11(9-19)5-8-13(20-14)15(16,17)18/h5,8,10,12H,2-4,6-7H2,1H3. The van der Waals surface area contributed by atoms with Gasteiger partial charge in [0.15, 0.2) is 0 Å². The van der Waals surface area contributed by atoms with E-state index in [2.05, 4.69) is 11.9 Å². The van der Waals surface area contributed by atoms with Gasteiger partial charge < -0.3 is 4.74 Å². The van der Waals surface area contributed by atoms with Crippen LogP contribution in [-0.4, -0.2) is 11.1 Å². The van der Waals surface area contributed by atoms with Crippen molar-refractivity contribution in [3.05, 3.63) is 23.4 Å². The zero-order valence-corrected chi connectivity index (χ0v) is 11.8. The van der Waals surface area contributed by atoms with Crippen LogP contribution in [0.5, 0.6) is 5.88 Å². The summed E-state index contributed by atoms with van der Waals surface area (Å²) in [7, 11) is 0. The second kappa shape index (κ2) is 6.33. The lowest BCUT2D eigenvalue weighted by Gasteiger charge is -2.28. The second-order valence-corrected chi connectivity index (χ2v) is 5.33. The second-order valence-electron chi connectivity index (χ2n) is 5.33. The predicted molar refractivity (Wildman–Crippen MR) is 70.6 cm³/mol. The molecule has 0 aliphatic heterocycles. The molecule has 6 heteroatoms. The van der Waals surface area contributed by atoms with Gasteiger partial charge in [0, 0.05) is 0 Å². The number of aromatic nitrogens is 1. The minimum Gasteiger partial charge on any atom is -0.473 e. The number of pyridine rings is 1. The molecule has 1 aromatic heterocycles. The Labute approximate surface area is 121 Å². The van der Waals surface area contributed by atoms with Crippen LogP contribution < -0.4 is 4.74 Å². The average Bonchev–Trinajstić information content (AvgIpc) is 2.47. The first-order valence-corrected chi connectivity index (χ1v) is 7.09. The molecule has 0 spiro atoms. The molecule has 1 heterocycles. The molecule has 1 fully saturated rings. The summed E-state index contributed by atoms with van der Waals surface area (Å²) in [6.07, 6.45) is 0.00668. The first-order chi connectivity index (χ1) is 9.94. The van der Waals surface area contributed by atoms with E-state index < -0.39 is 11.9 Å². The van der Waals surface area contributed by atoms with Gasteiger partial charge in [0.25, 0.3) is 0 Å². The molecule has 1 saturated carbocycles. The van der Waals surface area contributed by atoms with Crippen LogP contribution in [0.4, 0.5) is 13.2 Å². The highest BCUT2D eigenvalue weighted by molar-refractivity contribution is 5.39. The molecule has 114 valence electrons. The Kier molecular flexibility index (Phi) is 4.71. The van der Waals surface area contributed by atoms with E-state index in [9.17, 15) is 13.2 Å². The van der Waals surface area contributed by atoms with Gasteiger partial charge in [0.1, 0.15) is 23.4 Å². The monoisotopic (exact) mass is 298 g/mol. The molecule has 0 saturated heterocycles. The van der Waals surface area contributed by atoms with Gasteiger partial charge in [0.05, 0.1) is 0 Å². The Hall–Kier alpha value is -1.77. The largest absolute Gasteiger partial charge is 0.473 e. The maximum atomic E-state index is 12.7. The van der Waals surface area contributed by atoms with Gasteiger partial charge in [-0.1, -0.05) is 13.3 Å². The number of nitriles is 1. The van der Waals surface area contributed by atoms with Gasteiger partial charge in [-0.25, -0.2) is 4.98 Å². The number of alkyl halides is 3. The number of rotatable bonds is 3. The lowest BCUT2D eigenvalue weighted by Crippen LogP contribution is -2.25. The molecule has 2 rings (SSSR count). The van der Waals surface area contributed by atoms with E-state index in [-0.39, 0.29) is 17.5 Å². The van der Waals surface area contributed by atoms with Crippen molar-refractivity contribution < 1.29 is 17.9 Å².